The van der Waals surface area contributed by atoms with Crippen molar-refractivity contribution in [2.75, 3.05) is 49.1 Å². The first-order chi connectivity index (χ1) is 24.8. The van der Waals surface area contributed by atoms with Crippen molar-refractivity contribution in [1.29, 1.82) is 0 Å². The van der Waals surface area contributed by atoms with Crippen LogP contribution >= 0.6 is 23.2 Å². The minimum atomic E-state index is -0.632. The normalized spacial score (nSPS) is 15.7. The average Bonchev–Trinajstić information content (AvgIpc) is 3.12. The number of hydrogen-bond donors (Lipinski definition) is 0. The van der Waals surface area contributed by atoms with E-state index in [2.05, 4.69) is 22.8 Å². The van der Waals surface area contributed by atoms with Crippen molar-refractivity contribution in [2.45, 2.75) is 136 Å². The number of fused-ring (bicyclic) bond motifs is 1. The molecule has 4 rings (SSSR count). The molecule has 0 spiro atoms. The summed E-state index contributed by atoms with van der Waals surface area (Å²) in [5.41, 5.74) is 2.90. The molecule has 0 aromatic heterocycles. The largest absolute Gasteiger partial charge is 0.494 e. The smallest absolute Gasteiger partial charge is 0.307 e. The van der Waals surface area contributed by atoms with E-state index in [0.717, 1.165) is 87.5 Å². The second-order valence-corrected chi connectivity index (χ2v) is 15.6. The van der Waals surface area contributed by atoms with Gasteiger partial charge in [0.15, 0.2) is 6.23 Å². The highest BCUT2D eigenvalue weighted by molar-refractivity contribution is 6.43. The Morgan fingerprint density at radius 3 is 2.12 bits per heavy atom. The molecular formula is C42H63Cl2N3O4. The number of carbonyl (C=O) groups is 2. The van der Waals surface area contributed by atoms with Crippen LogP contribution in [0.25, 0.3) is 0 Å². The van der Waals surface area contributed by atoms with E-state index in [0.29, 0.717) is 35.9 Å². The molecule has 2 aliphatic rings. The summed E-state index contributed by atoms with van der Waals surface area (Å²) in [5.74, 6) is 0.475. The summed E-state index contributed by atoms with van der Waals surface area (Å²) in [6.45, 7) is 11.7. The van der Waals surface area contributed by atoms with Crippen LogP contribution in [0.4, 0.5) is 11.4 Å². The van der Waals surface area contributed by atoms with Crippen LogP contribution in [0.15, 0.2) is 36.4 Å². The minimum absolute atomic E-state index is 0.00533. The molecule has 51 heavy (non-hydrogen) atoms. The molecule has 0 radical (unpaired) electrons. The lowest BCUT2D eigenvalue weighted by Crippen LogP contribution is -2.48. The summed E-state index contributed by atoms with van der Waals surface area (Å²) in [4.78, 5) is 32.8. The molecule has 1 amide bonds. The number of piperazine rings is 1. The molecule has 1 atom stereocenters. The fourth-order valence-corrected chi connectivity index (χ4v) is 7.63. The zero-order valence-electron chi connectivity index (χ0n) is 31.6. The third-order valence-corrected chi connectivity index (χ3v) is 11.1. The van der Waals surface area contributed by atoms with Crippen LogP contribution in [-0.2, 0) is 20.7 Å². The molecule has 2 aromatic carbocycles. The predicted octanol–water partition coefficient (Wildman–Crippen LogP) is 10.9. The lowest BCUT2D eigenvalue weighted by molar-refractivity contribution is -0.152. The zero-order valence-corrected chi connectivity index (χ0v) is 33.1. The zero-order chi connectivity index (χ0) is 36.4. The summed E-state index contributed by atoms with van der Waals surface area (Å²) >= 11 is 12.7. The van der Waals surface area contributed by atoms with Gasteiger partial charge < -0.3 is 14.4 Å². The van der Waals surface area contributed by atoms with Crippen molar-refractivity contribution >= 4 is 46.5 Å². The van der Waals surface area contributed by atoms with Crippen LogP contribution in [0.3, 0.4) is 0 Å². The van der Waals surface area contributed by atoms with Crippen molar-refractivity contribution in [1.82, 2.24) is 4.90 Å². The number of hydrogen-bond acceptors (Lipinski definition) is 6. The lowest BCUT2D eigenvalue weighted by atomic mass is 9.98. The number of aryl methyl sites for hydroxylation is 1. The van der Waals surface area contributed by atoms with Crippen molar-refractivity contribution in [3.8, 4) is 5.75 Å². The van der Waals surface area contributed by atoms with Gasteiger partial charge in [0.05, 0.1) is 28.0 Å². The second kappa shape index (κ2) is 22.6. The van der Waals surface area contributed by atoms with Gasteiger partial charge in [-0.15, -0.1) is 0 Å². The maximum Gasteiger partial charge on any atom is 0.307 e. The molecule has 9 heteroatoms. The molecular weight excluding hydrogens is 681 g/mol. The number of nitrogens with zero attached hydrogens (tertiary/aromatic N) is 3. The number of carbonyl (C=O) groups excluding carboxylic acids is 2. The quantitative estimate of drug-likeness (QED) is 0.0834. The van der Waals surface area contributed by atoms with Crippen LogP contribution in [0.1, 0.15) is 129 Å². The molecule has 0 N–H and O–H groups in total. The predicted molar refractivity (Wildman–Crippen MR) is 213 cm³/mol. The van der Waals surface area contributed by atoms with Crippen molar-refractivity contribution in [3.05, 3.63) is 52.0 Å². The lowest BCUT2D eigenvalue weighted by Gasteiger charge is -2.37. The fourth-order valence-electron chi connectivity index (χ4n) is 7.21. The maximum atomic E-state index is 13.3. The van der Waals surface area contributed by atoms with E-state index in [1.807, 2.05) is 44.2 Å². The third-order valence-electron chi connectivity index (χ3n) is 10.3. The highest BCUT2D eigenvalue weighted by atomic mass is 35.5. The van der Waals surface area contributed by atoms with E-state index in [1.54, 1.807) is 4.90 Å². The number of benzene rings is 2. The first kappa shape index (κ1) is 41.3. The highest BCUT2D eigenvalue weighted by Gasteiger charge is 2.35. The van der Waals surface area contributed by atoms with Crippen LogP contribution in [0.5, 0.6) is 5.75 Å². The summed E-state index contributed by atoms with van der Waals surface area (Å²) in [6.07, 6.45) is 17.8. The summed E-state index contributed by atoms with van der Waals surface area (Å²) in [7, 11) is 0. The Morgan fingerprint density at radius 1 is 0.784 bits per heavy atom. The number of halogens is 2. The van der Waals surface area contributed by atoms with E-state index in [-0.39, 0.29) is 17.8 Å². The SMILES string of the molecule is CCCCCCCCCCCCCCC(=O)OC(C(C)C)N1C(=O)CCc2ccc(OCCCCN3CCN(c4cccc(Cl)c4Cl)CC3)cc21. The molecule has 2 aromatic rings. The van der Waals surface area contributed by atoms with Crippen LogP contribution in [-0.4, -0.2) is 62.3 Å². The molecule has 7 nitrogen and oxygen atoms in total. The number of rotatable bonds is 23. The molecule has 1 unspecified atom stereocenters. The van der Waals surface area contributed by atoms with E-state index in [4.69, 9.17) is 32.7 Å². The van der Waals surface area contributed by atoms with Gasteiger partial charge in [-0.1, -0.05) is 127 Å². The molecule has 284 valence electrons. The number of amides is 1. The molecule has 2 aliphatic heterocycles. The Labute approximate surface area is 318 Å². The van der Waals surface area contributed by atoms with Gasteiger partial charge in [-0.2, -0.15) is 0 Å². The molecule has 0 bridgehead atoms. The summed E-state index contributed by atoms with van der Waals surface area (Å²) in [6, 6.07) is 11.8. The fraction of sp³-hybridized carbons (Fsp3) is 0.667. The molecule has 0 aliphatic carbocycles. The van der Waals surface area contributed by atoms with Crippen LogP contribution in [0, 0.1) is 5.92 Å². The molecule has 2 heterocycles. The van der Waals surface area contributed by atoms with E-state index >= 15 is 0 Å². The van der Waals surface area contributed by atoms with E-state index in [9.17, 15) is 9.59 Å². The van der Waals surface area contributed by atoms with Crippen molar-refractivity contribution in [2.24, 2.45) is 5.92 Å². The Kier molecular flexibility index (Phi) is 18.3. The molecule has 0 saturated carbocycles. The standard InChI is InChI=1S/C42H63Cl2N3O4/c1-4-5-6-7-8-9-10-11-12-13-14-15-21-40(49)51-42(33(2)3)47-38-32-35(24-22-34(38)23-25-39(47)48)50-31-17-16-26-45-27-29-46(30-28-45)37-20-18-19-36(43)41(37)44/h18-20,22,24,32-33,42H,4-17,21,23,25-31H2,1-3H3. The highest BCUT2D eigenvalue weighted by Crippen LogP contribution is 2.36. The van der Waals surface area contributed by atoms with Gasteiger partial charge in [0.2, 0.25) is 5.91 Å². The molecule has 1 saturated heterocycles. The Morgan fingerprint density at radius 2 is 1.45 bits per heavy atom. The summed E-state index contributed by atoms with van der Waals surface area (Å²) < 4.78 is 12.2. The van der Waals surface area contributed by atoms with Gasteiger partial charge in [-0.25, -0.2) is 0 Å². The first-order valence-corrected chi connectivity index (χ1v) is 20.7. The van der Waals surface area contributed by atoms with Crippen molar-refractivity contribution in [3.63, 3.8) is 0 Å². The summed E-state index contributed by atoms with van der Waals surface area (Å²) in [5, 5.41) is 1.23. The maximum absolute atomic E-state index is 13.3. The van der Waals surface area contributed by atoms with Gasteiger partial charge in [0.1, 0.15) is 5.75 Å². The minimum Gasteiger partial charge on any atom is -0.494 e. The number of ether oxygens (including phenoxy) is 2. The Hall–Kier alpha value is -2.48. The van der Waals surface area contributed by atoms with Crippen LogP contribution < -0.4 is 14.5 Å². The number of unbranched alkanes of at least 4 members (excludes halogenated alkanes) is 12. The topological polar surface area (TPSA) is 62.3 Å². The monoisotopic (exact) mass is 743 g/mol. The van der Waals surface area contributed by atoms with Gasteiger partial charge in [0.25, 0.3) is 0 Å². The average molecular weight is 745 g/mol. The molecule has 1 fully saturated rings. The first-order valence-electron chi connectivity index (χ1n) is 20.0. The number of anilines is 2. The van der Waals surface area contributed by atoms with Gasteiger partial charge in [-0.05, 0) is 56.0 Å². The van der Waals surface area contributed by atoms with E-state index < -0.39 is 6.23 Å². The van der Waals surface area contributed by atoms with Crippen molar-refractivity contribution < 1.29 is 19.1 Å². The Bertz CT molecular complexity index is 1350. The Balaban J connectivity index is 1.17. The van der Waals surface area contributed by atoms with Crippen LogP contribution in [0.2, 0.25) is 10.0 Å². The van der Waals surface area contributed by atoms with E-state index in [1.165, 1.54) is 57.8 Å². The van der Waals surface area contributed by atoms with Gasteiger partial charge in [0, 0.05) is 51.0 Å². The van der Waals surface area contributed by atoms with Gasteiger partial charge in [-0.3, -0.25) is 19.4 Å². The second-order valence-electron chi connectivity index (χ2n) is 14.8. The third kappa shape index (κ3) is 13.5. The van der Waals surface area contributed by atoms with Gasteiger partial charge >= 0.3 is 5.97 Å². The number of esters is 1.